The molecule has 1 rings (SSSR count). The molecule has 2 atom stereocenters. The predicted molar refractivity (Wildman–Crippen MR) is 77.9 cm³/mol. The Hall–Kier alpha value is -0.210. The molecule has 0 aliphatic heterocycles. The smallest absolute Gasteiger partial charge is 0.119 e. The van der Waals surface area contributed by atoms with Crippen LogP contribution < -0.4 is 4.74 Å². The molecule has 1 nitrogen and oxygen atoms in total. The lowest BCUT2D eigenvalue weighted by Crippen LogP contribution is -2.20. The van der Waals surface area contributed by atoms with Crippen LogP contribution in [-0.2, 0) is 0 Å². The number of rotatable bonds is 6. The molecule has 2 unspecified atom stereocenters. The maximum Gasteiger partial charge on any atom is 0.119 e. The molecule has 0 saturated carbocycles. The summed E-state index contributed by atoms with van der Waals surface area (Å²) >= 11 is 9.58. The molecule has 0 amide bonds. The third-order valence-corrected chi connectivity index (χ3v) is 3.83. The molecule has 96 valence electrons. The van der Waals surface area contributed by atoms with E-state index < -0.39 is 0 Å². The summed E-state index contributed by atoms with van der Waals surface area (Å²) in [6.07, 6.45) is 0.998. The molecule has 0 heterocycles. The van der Waals surface area contributed by atoms with Gasteiger partial charge in [-0.15, -0.1) is 11.6 Å². The number of halogens is 2. The first-order chi connectivity index (χ1) is 8.00. The van der Waals surface area contributed by atoms with Crippen LogP contribution in [0.2, 0.25) is 0 Å². The Bertz CT molecular complexity index is 313. The van der Waals surface area contributed by atoms with Crippen molar-refractivity contribution in [1.82, 2.24) is 0 Å². The maximum absolute atomic E-state index is 6.18. The van der Waals surface area contributed by atoms with Gasteiger partial charge in [-0.25, -0.2) is 0 Å². The van der Waals surface area contributed by atoms with E-state index in [1.807, 2.05) is 24.3 Å². The van der Waals surface area contributed by atoms with Gasteiger partial charge < -0.3 is 4.74 Å². The zero-order valence-corrected chi connectivity index (χ0v) is 13.0. The van der Waals surface area contributed by atoms with Crippen LogP contribution in [0.4, 0.5) is 0 Å². The van der Waals surface area contributed by atoms with Gasteiger partial charge in [-0.3, -0.25) is 0 Å². The number of ether oxygens (including phenoxy) is 1. The van der Waals surface area contributed by atoms with Crippen molar-refractivity contribution >= 4 is 27.5 Å². The second-order valence-corrected chi connectivity index (χ2v) is 6.28. The molecule has 17 heavy (non-hydrogen) atoms. The van der Waals surface area contributed by atoms with Crippen LogP contribution in [0.3, 0.4) is 0 Å². The zero-order chi connectivity index (χ0) is 12.8. The van der Waals surface area contributed by atoms with E-state index >= 15 is 0 Å². The minimum Gasteiger partial charge on any atom is -0.494 e. The van der Waals surface area contributed by atoms with Gasteiger partial charge in [0, 0.05) is 9.85 Å². The van der Waals surface area contributed by atoms with E-state index in [1.54, 1.807) is 0 Å². The largest absolute Gasteiger partial charge is 0.494 e. The van der Waals surface area contributed by atoms with Crippen LogP contribution in [-0.4, -0.2) is 12.0 Å². The van der Waals surface area contributed by atoms with Gasteiger partial charge in [0.25, 0.3) is 0 Å². The molecular formula is C14H20BrClO. The third-order valence-electron chi connectivity index (χ3n) is 2.98. The number of hydrogen-bond donors (Lipinski definition) is 0. The molecule has 0 spiro atoms. The summed E-state index contributed by atoms with van der Waals surface area (Å²) in [5.74, 6) is 2.01. The fourth-order valence-corrected chi connectivity index (χ4v) is 2.62. The van der Waals surface area contributed by atoms with Crippen molar-refractivity contribution < 1.29 is 4.74 Å². The standard InChI is InChI=1S/C14H20BrClO/c1-10(2)14(11(3)16)8-9-17-13-6-4-12(15)5-7-13/h4-7,10-11,14H,8-9H2,1-3H3. The van der Waals surface area contributed by atoms with Gasteiger partial charge in [0.1, 0.15) is 5.75 Å². The van der Waals surface area contributed by atoms with Crippen LogP contribution in [0.15, 0.2) is 28.7 Å². The molecule has 0 aliphatic rings. The van der Waals surface area contributed by atoms with E-state index in [2.05, 4.69) is 36.7 Å². The Labute approximate surface area is 118 Å². The lowest BCUT2D eigenvalue weighted by molar-refractivity contribution is 0.246. The molecule has 1 aromatic rings. The van der Waals surface area contributed by atoms with Crippen LogP contribution in [0.1, 0.15) is 27.2 Å². The van der Waals surface area contributed by atoms with Gasteiger partial charge in [0.2, 0.25) is 0 Å². The van der Waals surface area contributed by atoms with Gasteiger partial charge in [0.05, 0.1) is 6.61 Å². The third kappa shape index (κ3) is 5.31. The van der Waals surface area contributed by atoms with Crippen molar-refractivity contribution in [2.45, 2.75) is 32.6 Å². The highest BCUT2D eigenvalue weighted by Crippen LogP contribution is 2.24. The Morgan fingerprint density at radius 1 is 1.18 bits per heavy atom. The summed E-state index contributed by atoms with van der Waals surface area (Å²) in [5, 5.41) is 0.198. The molecule has 0 fully saturated rings. The first-order valence-corrected chi connectivity index (χ1v) is 7.26. The van der Waals surface area contributed by atoms with Gasteiger partial charge in [0.15, 0.2) is 0 Å². The van der Waals surface area contributed by atoms with Crippen molar-refractivity contribution in [3.8, 4) is 5.75 Å². The molecule has 0 aromatic heterocycles. The first kappa shape index (κ1) is 14.8. The summed E-state index contributed by atoms with van der Waals surface area (Å²) in [6, 6.07) is 7.91. The van der Waals surface area contributed by atoms with Crippen molar-refractivity contribution in [3.05, 3.63) is 28.7 Å². The van der Waals surface area contributed by atoms with Crippen molar-refractivity contribution in [2.75, 3.05) is 6.61 Å². The van der Waals surface area contributed by atoms with E-state index in [0.29, 0.717) is 11.8 Å². The van der Waals surface area contributed by atoms with E-state index in [4.69, 9.17) is 16.3 Å². The highest BCUT2D eigenvalue weighted by molar-refractivity contribution is 9.10. The Balaban J connectivity index is 2.38. The summed E-state index contributed by atoms with van der Waals surface area (Å²) in [7, 11) is 0. The lowest BCUT2D eigenvalue weighted by Gasteiger charge is -2.23. The molecule has 0 saturated heterocycles. The summed E-state index contributed by atoms with van der Waals surface area (Å²) in [6.45, 7) is 7.21. The van der Waals surface area contributed by atoms with E-state index in [0.717, 1.165) is 23.2 Å². The van der Waals surface area contributed by atoms with E-state index in [9.17, 15) is 0 Å². The Morgan fingerprint density at radius 2 is 1.76 bits per heavy atom. The van der Waals surface area contributed by atoms with Gasteiger partial charge in [-0.2, -0.15) is 0 Å². The molecule has 0 aliphatic carbocycles. The summed E-state index contributed by atoms with van der Waals surface area (Å²) in [4.78, 5) is 0. The fraction of sp³-hybridized carbons (Fsp3) is 0.571. The number of alkyl halides is 1. The van der Waals surface area contributed by atoms with Crippen LogP contribution in [0.25, 0.3) is 0 Å². The Morgan fingerprint density at radius 3 is 2.24 bits per heavy atom. The molecule has 0 radical (unpaired) electrons. The van der Waals surface area contributed by atoms with Gasteiger partial charge >= 0.3 is 0 Å². The van der Waals surface area contributed by atoms with Crippen molar-refractivity contribution in [2.24, 2.45) is 11.8 Å². The monoisotopic (exact) mass is 318 g/mol. The number of hydrogen-bond acceptors (Lipinski definition) is 1. The highest BCUT2D eigenvalue weighted by atomic mass is 79.9. The first-order valence-electron chi connectivity index (χ1n) is 6.03. The maximum atomic E-state index is 6.18. The SMILES string of the molecule is CC(C)C(CCOc1ccc(Br)cc1)C(C)Cl. The average Bonchev–Trinajstić information content (AvgIpc) is 2.25. The van der Waals surface area contributed by atoms with E-state index in [-0.39, 0.29) is 5.38 Å². The van der Waals surface area contributed by atoms with Crippen molar-refractivity contribution in [3.63, 3.8) is 0 Å². The summed E-state index contributed by atoms with van der Waals surface area (Å²) in [5.41, 5.74) is 0. The lowest BCUT2D eigenvalue weighted by atomic mass is 9.90. The highest BCUT2D eigenvalue weighted by Gasteiger charge is 2.18. The number of benzene rings is 1. The fourth-order valence-electron chi connectivity index (χ4n) is 1.94. The van der Waals surface area contributed by atoms with Crippen LogP contribution >= 0.6 is 27.5 Å². The molecule has 0 N–H and O–H groups in total. The topological polar surface area (TPSA) is 9.23 Å². The summed E-state index contributed by atoms with van der Waals surface area (Å²) < 4.78 is 6.78. The average molecular weight is 320 g/mol. The predicted octanol–water partition coefficient (Wildman–Crippen LogP) is 5.12. The minimum absolute atomic E-state index is 0.198. The molecule has 0 bridgehead atoms. The molecule has 3 heteroatoms. The second-order valence-electron chi connectivity index (χ2n) is 4.68. The zero-order valence-electron chi connectivity index (χ0n) is 10.6. The normalized spacial score (nSPS) is 14.7. The van der Waals surface area contributed by atoms with E-state index in [1.165, 1.54) is 0 Å². The van der Waals surface area contributed by atoms with Crippen molar-refractivity contribution in [1.29, 1.82) is 0 Å². The quantitative estimate of drug-likeness (QED) is 0.661. The van der Waals surface area contributed by atoms with Gasteiger partial charge in [-0.1, -0.05) is 29.8 Å². The second kappa shape index (κ2) is 7.27. The Kier molecular flexibility index (Phi) is 6.35. The molecule has 1 aromatic carbocycles. The minimum atomic E-state index is 0.198. The molecular weight excluding hydrogens is 300 g/mol. The van der Waals surface area contributed by atoms with Crippen LogP contribution in [0.5, 0.6) is 5.75 Å². The van der Waals surface area contributed by atoms with Crippen LogP contribution in [0, 0.1) is 11.8 Å². The van der Waals surface area contributed by atoms with Gasteiger partial charge in [-0.05, 0) is 49.4 Å².